The molecular formula is C16H18ClN3O5S2. The van der Waals surface area contributed by atoms with Gasteiger partial charge >= 0.3 is 0 Å². The van der Waals surface area contributed by atoms with Crippen molar-refractivity contribution in [2.45, 2.75) is 16.2 Å². The molecule has 0 aromatic heterocycles. The van der Waals surface area contributed by atoms with E-state index in [9.17, 15) is 21.6 Å². The summed E-state index contributed by atoms with van der Waals surface area (Å²) in [6.45, 7) is 0.0961. The smallest absolute Gasteiger partial charge is 0.240 e. The lowest BCUT2D eigenvalue weighted by Gasteiger charge is -2.09. The largest absolute Gasteiger partial charge is 0.355 e. The van der Waals surface area contributed by atoms with Gasteiger partial charge in [-0.2, -0.15) is 0 Å². The first kappa shape index (κ1) is 21.3. The highest BCUT2D eigenvalue weighted by Gasteiger charge is 2.14. The van der Waals surface area contributed by atoms with E-state index in [-0.39, 0.29) is 35.2 Å². The zero-order valence-corrected chi connectivity index (χ0v) is 16.4. The predicted octanol–water partition coefficient (Wildman–Crippen LogP) is 0.625. The molecule has 0 unspecified atom stereocenters. The summed E-state index contributed by atoms with van der Waals surface area (Å²) in [6.07, 6.45) is 0.0198. The van der Waals surface area contributed by atoms with Crippen LogP contribution in [-0.2, 0) is 31.3 Å². The molecule has 27 heavy (non-hydrogen) atoms. The van der Waals surface area contributed by atoms with E-state index in [0.29, 0.717) is 10.6 Å². The highest BCUT2D eigenvalue weighted by atomic mass is 35.5. The number of carbonyl (C=O) groups is 1. The van der Waals surface area contributed by atoms with Gasteiger partial charge in [0.15, 0.2) is 0 Å². The zero-order valence-electron chi connectivity index (χ0n) is 14.1. The third-order valence-electron chi connectivity index (χ3n) is 3.46. The van der Waals surface area contributed by atoms with Crippen molar-refractivity contribution in [2.24, 2.45) is 5.14 Å². The number of hydrogen-bond acceptors (Lipinski definition) is 5. The molecule has 8 nitrogen and oxygen atoms in total. The first-order valence-electron chi connectivity index (χ1n) is 7.71. The maximum absolute atomic E-state index is 12.1. The normalized spacial score (nSPS) is 11.9. The van der Waals surface area contributed by atoms with Gasteiger partial charge in [0, 0.05) is 18.1 Å². The number of carbonyl (C=O) groups excluding carboxylic acids is 1. The predicted molar refractivity (Wildman–Crippen MR) is 101 cm³/mol. The van der Waals surface area contributed by atoms with Gasteiger partial charge in [0.2, 0.25) is 26.0 Å². The van der Waals surface area contributed by atoms with Crippen molar-refractivity contribution in [1.29, 1.82) is 0 Å². The third kappa shape index (κ3) is 6.60. The van der Waals surface area contributed by atoms with Crippen LogP contribution in [0.5, 0.6) is 0 Å². The van der Waals surface area contributed by atoms with E-state index in [0.717, 1.165) is 0 Å². The van der Waals surface area contributed by atoms with Crippen LogP contribution in [-0.4, -0.2) is 35.8 Å². The molecule has 2 aromatic rings. The van der Waals surface area contributed by atoms with Gasteiger partial charge in [0.1, 0.15) is 0 Å². The minimum absolute atomic E-state index is 0.00490. The Kier molecular flexibility index (Phi) is 6.95. The average molecular weight is 432 g/mol. The van der Waals surface area contributed by atoms with E-state index < -0.39 is 20.0 Å². The third-order valence-corrected chi connectivity index (χ3v) is 6.09. The van der Waals surface area contributed by atoms with Gasteiger partial charge in [0.25, 0.3) is 0 Å². The van der Waals surface area contributed by atoms with Crippen molar-refractivity contribution in [3.8, 4) is 0 Å². The summed E-state index contributed by atoms with van der Waals surface area (Å²) in [4.78, 5) is 11.9. The van der Waals surface area contributed by atoms with Crippen LogP contribution in [0, 0.1) is 0 Å². The summed E-state index contributed by atoms with van der Waals surface area (Å²) in [7, 11) is -7.49. The second-order valence-corrected chi connectivity index (χ2v) is 9.34. The van der Waals surface area contributed by atoms with E-state index in [1.165, 1.54) is 42.5 Å². The van der Waals surface area contributed by atoms with E-state index in [1.807, 2.05) is 0 Å². The SMILES string of the molecule is NS(=O)(=O)c1ccc(CC(=O)NCCNS(=O)(=O)c2cccc(Cl)c2)cc1. The Labute approximate surface area is 162 Å². The lowest BCUT2D eigenvalue weighted by Crippen LogP contribution is -2.35. The van der Waals surface area contributed by atoms with E-state index in [4.69, 9.17) is 16.7 Å². The number of rotatable bonds is 8. The van der Waals surface area contributed by atoms with Crippen molar-refractivity contribution in [2.75, 3.05) is 13.1 Å². The molecule has 0 aliphatic heterocycles. The quantitative estimate of drug-likeness (QED) is 0.526. The summed E-state index contributed by atoms with van der Waals surface area (Å²) in [6, 6.07) is 11.4. The Morgan fingerprint density at radius 1 is 0.963 bits per heavy atom. The van der Waals surface area contributed by atoms with Gasteiger partial charge in [-0.15, -0.1) is 0 Å². The van der Waals surface area contributed by atoms with Crippen LogP contribution >= 0.6 is 11.6 Å². The summed E-state index contributed by atoms with van der Waals surface area (Å²) in [5.74, 6) is -0.333. The molecule has 0 saturated heterocycles. The molecule has 11 heteroatoms. The van der Waals surface area contributed by atoms with Gasteiger partial charge in [-0.1, -0.05) is 29.8 Å². The molecule has 0 heterocycles. The second kappa shape index (κ2) is 8.81. The topological polar surface area (TPSA) is 135 Å². The summed E-state index contributed by atoms with van der Waals surface area (Å²) in [5.41, 5.74) is 0.597. The number of nitrogens with one attached hydrogen (secondary N) is 2. The fraction of sp³-hybridized carbons (Fsp3) is 0.188. The number of amides is 1. The van der Waals surface area contributed by atoms with Gasteiger partial charge in [-0.05, 0) is 35.9 Å². The number of primary sulfonamides is 1. The second-order valence-electron chi connectivity index (χ2n) is 5.57. The van der Waals surface area contributed by atoms with Gasteiger partial charge in [-0.25, -0.2) is 26.7 Å². The van der Waals surface area contributed by atoms with Crippen LogP contribution < -0.4 is 15.2 Å². The fourth-order valence-corrected chi connectivity index (χ4v) is 4.00. The lowest BCUT2D eigenvalue weighted by atomic mass is 10.1. The first-order chi connectivity index (χ1) is 12.6. The summed E-state index contributed by atoms with van der Waals surface area (Å²) >= 11 is 5.78. The molecule has 4 N–H and O–H groups in total. The van der Waals surface area contributed by atoms with Crippen LogP contribution in [0.3, 0.4) is 0 Å². The van der Waals surface area contributed by atoms with Crippen molar-refractivity contribution in [3.63, 3.8) is 0 Å². The molecule has 146 valence electrons. The number of sulfonamides is 2. The zero-order chi connectivity index (χ0) is 20.1. The van der Waals surface area contributed by atoms with Gasteiger partial charge in [-0.3, -0.25) is 4.79 Å². The maximum Gasteiger partial charge on any atom is 0.240 e. The molecule has 0 aliphatic rings. The van der Waals surface area contributed by atoms with Crippen LogP contribution in [0.25, 0.3) is 0 Å². The molecular weight excluding hydrogens is 414 g/mol. The van der Waals surface area contributed by atoms with Crippen LogP contribution in [0.2, 0.25) is 5.02 Å². The van der Waals surface area contributed by atoms with Crippen molar-refractivity contribution < 1.29 is 21.6 Å². The number of nitrogens with two attached hydrogens (primary N) is 1. The molecule has 2 aromatic carbocycles. The van der Waals surface area contributed by atoms with Crippen molar-refractivity contribution in [1.82, 2.24) is 10.0 Å². The van der Waals surface area contributed by atoms with Crippen LogP contribution in [0.1, 0.15) is 5.56 Å². The number of hydrogen-bond donors (Lipinski definition) is 3. The van der Waals surface area contributed by atoms with E-state index in [2.05, 4.69) is 10.0 Å². The Hall–Kier alpha value is -1.98. The lowest BCUT2D eigenvalue weighted by molar-refractivity contribution is -0.120. The summed E-state index contributed by atoms with van der Waals surface area (Å²) in [5, 5.41) is 7.89. The average Bonchev–Trinajstić information content (AvgIpc) is 2.58. The molecule has 0 fully saturated rings. The number of halogens is 1. The molecule has 0 saturated carbocycles. The first-order valence-corrected chi connectivity index (χ1v) is 11.1. The van der Waals surface area contributed by atoms with Crippen molar-refractivity contribution >= 4 is 37.6 Å². The minimum Gasteiger partial charge on any atom is -0.355 e. The Morgan fingerprint density at radius 2 is 1.63 bits per heavy atom. The fourth-order valence-electron chi connectivity index (χ4n) is 2.15. The molecule has 0 atom stereocenters. The number of benzene rings is 2. The highest BCUT2D eigenvalue weighted by Crippen LogP contribution is 2.14. The standard InChI is InChI=1S/C16H18ClN3O5S2/c17-13-2-1-3-15(11-13)27(24,25)20-9-8-19-16(21)10-12-4-6-14(7-5-12)26(18,22)23/h1-7,11,20H,8-10H2,(H,19,21)(H2,18,22,23). The van der Waals surface area contributed by atoms with Crippen LogP contribution in [0.4, 0.5) is 0 Å². The van der Waals surface area contributed by atoms with Gasteiger partial charge < -0.3 is 5.32 Å². The Morgan fingerprint density at radius 3 is 2.22 bits per heavy atom. The van der Waals surface area contributed by atoms with Crippen LogP contribution in [0.15, 0.2) is 58.3 Å². The minimum atomic E-state index is -3.78. The Balaban J connectivity index is 1.81. The molecule has 0 spiro atoms. The maximum atomic E-state index is 12.1. The Bertz CT molecular complexity index is 1020. The molecule has 0 aliphatic carbocycles. The van der Waals surface area contributed by atoms with Gasteiger partial charge in [0.05, 0.1) is 16.2 Å². The monoisotopic (exact) mass is 431 g/mol. The van der Waals surface area contributed by atoms with E-state index in [1.54, 1.807) is 6.07 Å². The highest BCUT2D eigenvalue weighted by molar-refractivity contribution is 7.89. The van der Waals surface area contributed by atoms with E-state index >= 15 is 0 Å². The molecule has 2 rings (SSSR count). The molecule has 0 bridgehead atoms. The molecule has 1 amide bonds. The van der Waals surface area contributed by atoms with Crippen molar-refractivity contribution in [3.05, 3.63) is 59.1 Å². The molecule has 0 radical (unpaired) electrons. The summed E-state index contributed by atoms with van der Waals surface area (Å²) < 4.78 is 48.9.